The lowest BCUT2D eigenvalue weighted by Gasteiger charge is -2.22. The standard InChI is InChI=1S/C11H13NO3/c1-14-11(13)7-2-3-10-8(4-7)5-9(12)6-15-10/h2-4,9H,5-6,12H2,1H3/t9-/m1/s1. The summed E-state index contributed by atoms with van der Waals surface area (Å²) in [5, 5.41) is 0. The molecule has 1 aromatic carbocycles. The first-order valence-electron chi connectivity index (χ1n) is 4.80. The molecule has 2 rings (SSSR count). The molecule has 0 fully saturated rings. The van der Waals surface area contributed by atoms with E-state index in [2.05, 4.69) is 4.74 Å². The van der Waals surface area contributed by atoms with Gasteiger partial charge in [0.2, 0.25) is 0 Å². The fraction of sp³-hybridized carbons (Fsp3) is 0.364. The van der Waals surface area contributed by atoms with Gasteiger partial charge in [0, 0.05) is 6.04 Å². The summed E-state index contributed by atoms with van der Waals surface area (Å²) in [7, 11) is 1.37. The van der Waals surface area contributed by atoms with Gasteiger partial charge in [0.25, 0.3) is 0 Å². The number of hydrogen-bond acceptors (Lipinski definition) is 4. The van der Waals surface area contributed by atoms with Crippen LogP contribution in [0.3, 0.4) is 0 Å². The van der Waals surface area contributed by atoms with Gasteiger partial charge in [-0.25, -0.2) is 4.79 Å². The van der Waals surface area contributed by atoms with E-state index in [4.69, 9.17) is 10.5 Å². The summed E-state index contributed by atoms with van der Waals surface area (Å²) in [6, 6.07) is 5.26. The predicted octanol–water partition coefficient (Wildman–Crippen LogP) is 0.735. The minimum atomic E-state index is -0.336. The van der Waals surface area contributed by atoms with E-state index in [1.807, 2.05) is 0 Å². The summed E-state index contributed by atoms with van der Waals surface area (Å²) >= 11 is 0. The summed E-state index contributed by atoms with van der Waals surface area (Å²) in [4.78, 5) is 11.3. The van der Waals surface area contributed by atoms with Crippen LogP contribution in [0.5, 0.6) is 5.75 Å². The van der Waals surface area contributed by atoms with Crippen LogP contribution < -0.4 is 10.5 Å². The van der Waals surface area contributed by atoms with E-state index in [0.717, 1.165) is 17.7 Å². The van der Waals surface area contributed by atoms with Crippen molar-refractivity contribution in [2.24, 2.45) is 5.73 Å². The Kier molecular flexibility index (Phi) is 2.60. The average Bonchev–Trinajstić information content (AvgIpc) is 2.27. The largest absolute Gasteiger partial charge is 0.492 e. The van der Waals surface area contributed by atoms with Crippen LogP contribution in [0, 0.1) is 0 Å². The van der Waals surface area contributed by atoms with E-state index < -0.39 is 0 Å². The first-order valence-corrected chi connectivity index (χ1v) is 4.80. The maximum absolute atomic E-state index is 11.3. The zero-order valence-electron chi connectivity index (χ0n) is 8.53. The molecule has 1 aromatic rings. The van der Waals surface area contributed by atoms with Crippen molar-refractivity contribution in [1.29, 1.82) is 0 Å². The van der Waals surface area contributed by atoms with E-state index in [0.29, 0.717) is 12.2 Å². The van der Waals surface area contributed by atoms with Gasteiger partial charge in [0.1, 0.15) is 12.4 Å². The average molecular weight is 207 g/mol. The van der Waals surface area contributed by atoms with Gasteiger partial charge in [-0.2, -0.15) is 0 Å². The van der Waals surface area contributed by atoms with Gasteiger partial charge in [-0.1, -0.05) is 0 Å². The second-order valence-electron chi connectivity index (χ2n) is 3.59. The topological polar surface area (TPSA) is 61.5 Å². The Morgan fingerprint density at radius 3 is 3.13 bits per heavy atom. The van der Waals surface area contributed by atoms with Crippen LogP contribution in [0.1, 0.15) is 15.9 Å². The van der Waals surface area contributed by atoms with Crippen LogP contribution in [0.2, 0.25) is 0 Å². The molecule has 80 valence electrons. The summed E-state index contributed by atoms with van der Waals surface area (Å²) in [5.74, 6) is 0.473. The quantitative estimate of drug-likeness (QED) is 0.690. The normalized spacial score (nSPS) is 18.9. The summed E-state index contributed by atoms with van der Waals surface area (Å²) in [5.41, 5.74) is 7.27. The summed E-state index contributed by atoms with van der Waals surface area (Å²) < 4.78 is 10.1. The lowest BCUT2D eigenvalue weighted by molar-refractivity contribution is 0.0600. The van der Waals surface area contributed by atoms with E-state index in [1.165, 1.54) is 7.11 Å². The first kappa shape index (κ1) is 9.98. The van der Waals surface area contributed by atoms with Gasteiger partial charge in [-0.15, -0.1) is 0 Å². The Balaban J connectivity index is 2.32. The van der Waals surface area contributed by atoms with Crippen molar-refractivity contribution in [2.45, 2.75) is 12.5 Å². The molecule has 1 heterocycles. The van der Waals surface area contributed by atoms with Gasteiger partial charge in [0.05, 0.1) is 12.7 Å². The zero-order valence-corrected chi connectivity index (χ0v) is 8.53. The van der Waals surface area contributed by atoms with E-state index in [1.54, 1.807) is 18.2 Å². The highest BCUT2D eigenvalue weighted by molar-refractivity contribution is 5.89. The van der Waals surface area contributed by atoms with Crippen molar-refractivity contribution in [3.05, 3.63) is 29.3 Å². The summed E-state index contributed by atoms with van der Waals surface area (Å²) in [6.07, 6.45) is 0.736. The number of nitrogens with two attached hydrogens (primary N) is 1. The molecular weight excluding hydrogens is 194 g/mol. The molecule has 4 heteroatoms. The Bertz CT molecular complexity index is 389. The Labute approximate surface area is 88.0 Å². The number of esters is 1. The molecule has 0 amide bonds. The lowest BCUT2D eigenvalue weighted by Crippen LogP contribution is -2.33. The molecule has 0 aromatic heterocycles. The zero-order chi connectivity index (χ0) is 10.8. The number of carbonyl (C=O) groups is 1. The molecule has 0 saturated heterocycles. The van der Waals surface area contributed by atoms with Crippen molar-refractivity contribution in [2.75, 3.05) is 13.7 Å². The third kappa shape index (κ3) is 1.94. The highest BCUT2D eigenvalue weighted by Crippen LogP contribution is 2.25. The van der Waals surface area contributed by atoms with Gasteiger partial charge in [0.15, 0.2) is 0 Å². The molecule has 4 nitrogen and oxygen atoms in total. The highest BCUT2D eigenvalue weighted by atomic mass is 16.5. The van der Waals surface area contributed by atoms with Gasteiger partial charge in [-0.3, -0.25) is 0 Å². The van der Waals surface area contributed by atoms with Gasteiger partial charge in [-0.05, 0) is 30.2 Å². The van der Waals surface area contributed by atoms with Crippen LogP contribution in [0.4, 0.5) is 0 Å². The minimum absolute atomic E-state index is 0.00500. The molecule has 0 bridgehead atoms. The van der Waals surface area contributed by atoms with Crippen molar-refractivity contribution in [3.63, 3.8) is 0 Å². The van der Waals surface area contributed by atoms with Crippen molar-refractivity contribution in [1.82, 2.24) is 0 Å². The number of rotatable bonds is 1. The van der Waals surface area contributed by atoms with Gasteiger partial charge < -0.3 is 15.2 Å². The van der Waals surface area contributed by atoms with Crippen LogP contribution in [0.25, 0.3) is 0 Å². The van der Waals surface area contributed by atoms with Crippen LogP contribution in [0.15, 0.2) is 18.2 Å². The van der Waals surface area contributed by atoms with Crippen LogP contribution >= 0.6 is 0 Å². The minimum Gasteiger partial charge on any atom is -0.492 e. The van der Waals surface area contributed by atoms with Crippen LogP contribution in [-0.4, -0.2) is 25.7 Å². The molecule has 1 aliphatic heterocycles. The van der Waals surface area contributed by atoms with Gasteiger partial charge >= 0.3 is 5.97 Å². The Hall–Kier alpha value is -1.55. The molecule has 15 heavy (non-hydrogen) atoms. The molecule has 0 unspecified atom stereocenters. The molecule has 1 atom stereocenters. The second-order valence-corrected chi connectivity index (χ2v) is 3.59. The third-order valence-corrected chi connectivity index (χ3v) is 2.42. The SMILES string of the molecule is COC(=O)c1ccc2c(c1)C[C@@H](N)CO2. The third-order valence-electron chi connectivity index (χ3n) is 2.42. The number of methoxy groups -OCH3 is 1. The van der Waals surface area contributed by atoms with Crippen LogP contribution in [-0.2, 0) is 11.2 Å². The Morgan fingerprint density at radius 2 is 2.40 bits per heavy atom. The van der Waals surface area contributed by atoms with E-state index in [9.17, 15) is 4.79 Å². The maximum atomic E-state index is 11.3. The molecule has 0 radical (unpaired) electrons. The lowest BCUT2D eigenvalue weighted by atomic mass is 10.0. The molecule has 2 N–H and O–H groups in total. The maximum Gasteiger partial charge on any atom is 0.337 e. The smallest absolute Gasteiger partial charge is 0.337 e. The fourth-order valence-corrected chi connectivity index (χ4v) is 1.66. The molecule has 0 saturated carbocycles. The van der Waals surface area contributed by atoms with Crippen molar-refractivity contribution >= 4 is 5.97 Å². The molecule has 0 aliphatic carbocycles. The molecular formula is C11H13NO3. The van der Waals surface area contributed by atoms with Crippen molar-refractivity contribution < 1.29 is 14.3 Å². The number of carbonyl (C=O) groups excluding carboxylic acids is 1. The number of benzene rings is 1. The Morgan fingerprint density at radius 1 is 1.60 bits per heavy atom. The number of ether oxygens (including phenoxy) is 2. The monoisotopic (exact) mass is 207 g/mol. The van der Waals surface area contributed by atoms with Crippen molar-refractivity contribution in [3.8, 4) is 5.75 Å². The summed E-state index contributed by atoms with van der Waals surface area (Å²) in [6.45, 7) is 0.532. The van der Waals surface area contributed by atoms with E-state index in [-0.39, 0.29) is 12.0 Å². The fourth-order valence-electron chi connectivity index (χ4n) is 1.66. The second kappa shape index (κ2) is 3.90. The number of fused-ring (bicyclic) bond motifs is 1. The predicted molar refractivity (Wildman–Crippen MR) is 55.0 cm³/mol. The number of hydrogen-bond donors (Lipinski definition) is 1. The molecule has 1 aliphatic rings. The van der Waals surface area contributed by atoms with E-state index >= 15 is 0 Å². The first-order chi connectivity index (χ1) is 7.20. The molecule has 0 spiro atoms. The highest BCUT2D eigenvalue weighted by Gasteiger charge is 2.18.